The van der Waals surface area contributed by atoms with Crippen LogP contribution in [0.4, 0.5) is 25.0 Å². The Morgan fingerprint density at radius 2 is 1.54 bits per heavy atom. The normalized spacial score (nSPS) is 17.4. The zero-order valence-electron chi connectivity index (χ0n) is 21.8. The number of phenols is 2. The second kappa shape index (κ2) is 11.8. The summed E-state index contributed by atoms with van der Waals surface area (Å²) in [6.07, 6.45) is -1.30. The van der Waals surface area contributed by atoms with Gasteiger partial charge in [-0.25, -0.2) is 18.6 Å². The fourth-order valence-electron chi connectivity index (χ4n) is 4.85. The second-order valence-corrected chi connectivity index (χ2v) is 9.60. The SMILES string of the molecule is O=C(CC[C@H]1CN(c2cc(F)c(N3CCON(C(=O)c4ccccc4O)CC3)c(F)c2)C(=O)O1)c1ccccc1O. The zero-order valence-corrected chi connectivity index (χ0v) is 21.8. The lowest BCUT2D eigenvalue weighted by Crippen LogP contribution is -2.35. The Kier molecular flexibility index (Phi) is 8.02. The summed E-state index contributed by atoms with van der Waals surface area (Å²) in [5.41, 5.74) is -0.156. The Morgan fingerprint density at radius 3 is 2.20 bits per heavy atom. The molecule has 0 radical (unpaired) electrons. The number of benzene rings is 3. The molecule has 0 saturated carbocycles. The van der Waals surface area contributed by atoms with Crippen LogP contribution in [0.25, 0.3) is 0 Å². The zero-order chi connectivity index (χ0) is 29.1. The van der Waals surface area contributed by atoms with E-state index in [1.54, 1.807) is 24.3 Å². The fourth-order valence-corrected chi connectivity index (χ4v) is 4.85. The highest BCUT2D eigenvalue weighted by Crippen LogP contribution is 2.32. The maximum atomic E-state index is 15.3. The Hall–Kier alpha value is -4.71. The van der Waals surface area contributed by atoms with Crippen molar-refractivity contribution in [3.05, 3.63) is 83.4 Å². The van der Waals surface area contributed by atoms with Gasteiger partial charge in [0.05, 0.1) is 36.5 Å². The van der Waals surface area contributed by atoms with Crippen molar-refractivity contribution in [1.29, 1.82) is 0 Å². The van der Waals surface area contributed by atoms with E-state index in [4.69, 9.17) is 9.57 Å². The number of phenolic OH excluding ortho intramolecular Hbond substituents is 2. The molecule has 1 atom stereocenters. The maximum absolute atomic E-state index is 15.3. The number of rotatable bonds is 7. The number of cyclic esters (lactones) is 1. The number of hydroxylamine groups is 2. The summed E-state index contributed by atoms with van der Waals surface area (Å²) in [5.74, 6) is -3.07. The highest BCUT2D eigenvalue weighted by Gasteiger charge is 2.34. The number of ether oxygens (including phenoxy) is 1. The van der Waals surface area contributed by atoms with E-state index < -0.39 is 29.7 Å². The molecule has 0 aliphatic carbocycles. The number of hydrogen-bond donors (Lipinski definition) is 2. The van der Waals surface area contributed by atoms with Crippen molar-refractivity contribution < 1.29 is 43.0 Å². The summed E-state index contributed by atoms with van der Waals surface area (Å²) in [6.45, 7) is 0.0565. The third-order valence-electron chi connectivity index (χ3n) is 6.94. The topological polar surface area (TPSA) is 120 Å². The lowest BCUT2D eigenvalue weighted by atomic mass is 10.0. The van der Waals surface area contributed by atoms with E-state index in [1.807, 2.05) is 0 Å². The van der Waals surface area contributed by atoms with Gasteiger partial charge < -0.3 is 19.8 Å². The highest BCUT2D eigenvalue weighted by molar-refractivity contribution is 5.98. The monoisotopic (exact) mass is 567 g/mol. The van der Waals surface area contributed by atoms with Gasteiger partial charge in [0.25, 0.3) is 5.91 Å². The standard InChI is InChI=1S/C29H27F2N3O7/c30-22-15-18(33-17-19(41-29(33)39)9-10-26(37)20-5-1-3-7-24(20)35)16-23(31)27(22)32-11-12-34(40-14-13-32)28(38)21-6-2-4-8-25(21)36/h1-8,15-16,19,35-36H,9-14,17H2/t19-/m0/s1. The number of halogens is 2. The van der Waals surface area contributed by atoms with E-state index in [1.165, 1.54) is 29.2 Å². The molecule has 12 heteroatoms. The van der Waals surface area contributed by atoms with Crippen molar-refractivity contribution in [3.63, 3.8) is 0 Å². The van der Waals surface area contributed by atoms with E-state index in [0.717, 1.165) is 22.1 Å². The number of amides is 2. The van der Waals surface area contributed by atoms with Gasteiger partial charge in [-0.15, -0.1) is 0 Å². The Morgan fingerprint density at radius 1 is 0.902 bits per heavy atom. The fraction of sp³-hybridized carbons (Fsp3) is 0.276. The quantitative estimate of drug-likeness (QED) is 0.407. The van der Waals surface area contributed by atoms with Crippen LogP contribution in [0.2, 0.25) is 0 Å². The first-order valence-corrected chi connectivity index (χ1v) is 13.0. The minimum Gasteiger partial charge on any atom is -0.507 e. The average molecular weight is 568 g/mol. The van der Waals surface area contributed by atoms with E-state index in [-0.39, 0.29) is 85.4 Å². The largest absolute Gasteiger partial charge is 0.507 e. The summed E-state index contributed by atoms with van der Waals surface area (Å²) < 4.78 is 35.9. The van der Waals surface area contributed by atoms with E-state index in [0.29, 0.717) is 0 Å². The van der Waals surface area contributed by atoms with E-state index in [2.05, 4.69) is 0 Å². The predicted octanol–water partition coefficient (Wildman–Crippen LogP) is 4.26. The average Bonchev–Trinajstić information content (AvgIpc) is 3.16. The molecule has 2 saturated heterocycles. The van der Waals surface area contributed by atoms with Crippen LogP contribution in [0.1, 0.15) is 33.6 Å². The first kappa shape index (κ1) is 27.8. The molecule has 0 bridgehead atoms. The van der Waals surface area contributed by atoms with Gasteiger partial charge in [0.2, 0.25) is 0 Å². The van der Waals surface area contributed by atoms with Gasteiger partial charge in [0, 0.05) is 31.6 Å². The lowest BCUT2D eigenvalue weighted by Gasteiger charge is -2.24. The molecule has 2 aliphatic heterocycles. The summed E-state index contributed by atoms with van der Waals surface area (Å²) in [7, 11) is 0. The van der Waals surface area contributed by atoms with Crippen LogP contribution in [-0.2, 0) is 9.57 Å². The minimum atomic E-state index is -0.911. The number of ketones is 1. The molecule has 2 N–H and O–H groups in total. The minimum absolute atomic E-state index is 0.00542. The molecule has 2 aliphatic rings. The van der Waals surface area contributed by atoms with Crippen LogP contribution in [0.5, 0.6) is 11.5 Å². The van der Waals surface area contributed by atoms with E-state index in [9.17, 15) is 24.6 Å². The lowest BCUT2D eigenvalue weighted by molar-refractivity contribution is -0.111. The highest BCUT2D eigenvalue weighted by atomic mass is 19.1. The van der Waals surface area contributed by atoms with Gasteiger partial charge in [0.15, 0.2) is 17.4 Å². The molecule has 0 spiro atoms. The smallest absolute Gasteiger partial charge is 0.414 e. The van der Waals surface area contributed by atoms with E-state index >= 15 is 8.78 Å². The van der Waals surface area contributed by atoms with Gasteiger partial charge in [-0.2, -0.15) is 0 Å². The van der Waals surface area contributed by atoms with Crippen molar-refractivity contribution in [2.75, 3.05) is 42.6 Å². The van der Waals surface area contributed by atoms with Crippen LogP contribution < -0.4 is 9.80 Å². The van der Waals surface area contributed by atoms with Gasteiger partial charge in [0.1, 0.15) is 23.3 Å². The number of carbonyl (C=O) groups is 3. The van der Waals surface area contributed by atoms with Gasteiger partial charge >= 0.3 is 6.09 Å². The molecule has 0 unspecified atom stereocenters. The molecule has 3 aromatic carbocycles. The summed E-state index contributed by atoms with van der Waals surface area (Å²) >= 11 is 0. The van der Waals surface area contributed by atoms with Crippen molar-refractivity contribution >= 4 is 29.2 Å². The third-order valence-corrected chi connectivity index (χ3v) is 6.94. The maximum Gasteiger partial charge on any atom is 0.414 e. The van der Waals surface area contributed by atoms with Crippen molar-refractivity contribution in [2.24, 2.45) is 0 Å². The molecular formula is C29H27F2N3O7. The Labute approximate surface area is 233 Å². The Bertz CT molecular complexity index is 1460. The molecule has 5 rings (SSSR count). The summed E-state index contributed by atoms with van der Waals surface area (Å²) in [6, 6.07) is 14.2. The Balaban J connectivity index is 1.23. The molecule has 2 fully saturated rings. The van der Waals surface area contributed by atoms with Crippen LogP contribution >= 0.6 is 0 Å². The van der Waals surface area contributed by atoms with Crippen LogP contribution in [0.3, 0.4) is 0 Å². The molecule has 3 aromatic rings. The number of carbonyl (C=O) groups excluding carboxylic acids is 3. The number of anilines is 2. The molecule has 41 heavy (non-hydrogen) atoms. The summed E-state index contributed by atoms with van der Waals surface area (Å²) in [5, 5.41) is 20.9. The molecule has 2 heterocycles. The number of para-hydroxylation sites is 2. The van der Waals surface area contributed by atoms with Crippen molar-refractivity contribution in [3.8, 4) is 11.5 Å². The van der Waals surface area contributed by atoms with Gasteiger partial charge in [-0.3, -0.25) is 19.3 Å². The third kappa shape index (κ3) is 5.92. The predicted molar refractivity (Wildman–Crippen MR) is 143 cm³/mol. The summed E-state index contributed by atoms with van der Waals surface area (Å²) in [4.78, 5) is 45.7. The van der Waals surface area contributed by atoms with Crippen LogP contribution in [-0.4, -0.2) is 71.9 Å². The number of nitrogens with zero attached hydrogens (tertiary/aromatic N) is 3. The van der Waals surface area contributed by atoms with Gasteiger partial charge in [-0.1, -0.05) is 24.3 Å². The first-order valence-electron chi connectivity index (χ1n) is 13.0. The van der Waals surface area contributed by atoms with Crippen molar-refractivity contribution in [1.82, 2.24) is 5.06 Å². The molecule has 214 valence electrons. The molecule has 0 aromatic heterocycles. The second-order valence-electron chi connectivity index (χ2n) is 9.60. The van der Waals surface area contributed by atoms with Crippen LogP contribution in [0.15, 0.2) is 60.7 Å². The molecule has 2 amide bonds. The number of hydrogen-bond acceptors (Lipinski definition) is 8. The van der Waals surface area contributed by atoms with Crippen LogP contribution in [0, 0.1) is 11.6 Å². The van der Waals surface area contributed by atoms with Gasteiger partial charge in [-0.05, 0) is 30.7 Å². The van der Waals surface area contributed by atoms with Crippen molar-refractivity contribution in [2.45, 2.75) is 18.9 Å². The first-order chi connectivity index (χ1) is 19.7. The molecule has 10 nitrogen and oxygen atoms in total. The number of Topliss-reactive ketones (excluding diaryl/α,β-unsaturated/α-hetero) is 1. The molecular weight excluding hydrogens is 540 g/mol. The number of aromatic hydroxyl groups is 2.